The van der Waals surface area contributed by atoms with Gasteiger partial charge in [-0.2, -0.15) is 0 Å². The van der Waals surface area contributed by atoms with E-state index in [2.05, 4.69) is 44.6 Å². The molecule has 0 spiro atoms. The third-order valence-electron chi connectivity index (χ3n) is 3.83. The van der Waals surface area contributed by atoms with Crippen LogP contribution in [0.15, 0.2) is 17.1 Å². The highest BCUT2D eigenvalue weighted by Crippen LogP contribution is 2.62. The zero-order chi connectivity index (χ0) is 11.9. The summed E-state index contributed by atoms with van der Waals surface area (Å²) >= 11 is 0. The van der Waals surface area contributed by atoms with E-state index < -0.39 is 0 Å². The lowest BCUT2D eigenvalue weighted by atomic mass is 10.0. The van der Waals surface area contributed by atoms with E-state index in [1.54, 1.807) is 0 Å². The highest BCUT2D eigenvalue weighted by atomic mass is 127. The Morgan fingerprint density at radius 1 is 1.31 bits per heavy atom. The summed E-state index contributed by atoms with van der Waals surface area (Å²) in [6, 6.07) is 0.416. The molecule has 1 aliphatic rings. The molecule has 0 atom stereocenters. The molecule has 3 nitrogen and oxygen atoms in total. The van der Waals surface area contributed by atoms with Crippen LogP contribution >= 0.6 is 24.0 Å². The number of guanidine groups is 1. The average Bonchev–Trinajstić information content (AvgIpc) is 2.44. The Balaban J connectivity index is 0.00000225. The Labute approximate surface area is 116 Å². The monoisotopic (exact) mass is 337 g/mol. The molecule has 0 aliphatic heterocycles. The van der Waals surface area contributed by atoms with E-state index in [9.17, 15) is 0 Å². The van der Waals surface area contributed by atoms with Gasteiger partial charge in [0.1, 0.15) is 0 Å². The number of hydrogen-bond acceptors (Lipinski definition) is 1. The second-order valence-corrected chi connectivity index (χ2v) is 5.68. The van der Waals surface area contributed by atoms with Gasteiger partial charge in [-0.15, -0.1) is 24.0 Å². The van der Waals surface area contributed by atoms with Crippen molar-refractivity contribution in [2.24, 2.45) is 21.6 Å². The standard InChI is InChI=1S/C12H23N3.HI/c1-8(2)7-14-10(13)15-9-11(3,4)12(9,5)6;/h9H,1,7H2,2-6H3,(H3,13,14,15);1H. The number of nitrogens with one attached hydrogen (secondary N) is 1. The van der Waals surface area contributed by atoms with Crippen molar-refractivity contribution < 1.29 is 0 Å². The molecule has 1 aliphatic carbocycles. The van der Waals surface area contributed by atoms with Crippen LogP contribution in [0.3, 0.4) is 0 Å². The first-order chi connectivity index (χ1) is 6.69. The Morgan fingerprint density at radius 2 is 1.75 bits per heavy atom. The van der Waals surface area contributed by atoms with Gasteiger partial charge in [0.15, 0.2) is 5.96 Å². The second kappa shape index (κ2) is 4.94. The van der Waals surface area contributed by atoms with Gasteiger partial charge in [-0.25, -0.2) is 4.99 Å². The summed E-state index contributed by atoms with van der Waals surface area (Å²) in [6.45, 7) is 15.3. The average molecular weight is 337 g/mol. The van der Waals surface area contributed by atoms with Gasteiger partial charge in [0.25, 0.3) is 0 Å². The van der Waals surface area contributed by atoms with Gasteiger partial charge in [0.2, 0.25) is 0 Å². The van der Waals surface area contributed by atoms with Crippen LogP contribution in [0.1, 0.15) is 34.6 Å². The molecular weight excluding hydrogens is 313 g/mol. The molecule has 0 bridgehead atoms. The predicted molar refractivity (Wildman–Crippen MR) is 81.2 cm³/mol. The molecule has 0 radical (unpaired) electrons. The smallest absolute Gasteiger partial charge is 0.189 e. The second-order valence-electron chi connectivity index (χ2n) is 5.68. The number of aliphatic imine (C=N–C) groups is 1. The first kappa shape index (κ1) is 15.7. The third-order valence-corrected chi connectivity index (χ3v) is 3.83. The number of nitrogens with two attached hydrogens (primary N) is 1. The van der Waals surface area contributed by atoms with E-state index in [-0.39, 0.29) is 34.8 Å². The molecule has 94 valence electrons. The maximum Gasteiger partial charge on any atom is 0.189 e. The van der Waals surface area contributed by atoms with Crippen LogP contribution in [-0.4, -0.2) is 18.5 Å². The van der Waals surface area contributed by atoms with E-state index in [1.165, 1.54) is 0 Å². The van der Waals surface area contributed by atoms with E-state index in [0.29, 0.717) is 18.5 Å². The van der Waals surface area contributed by atoms with Gasteiger partial charge in [-0.3, -0.25) is 0 Å². The summed E-state index contributed by atoms with van der Waals surface area (Å²) in [6.07, 6.45) is 0. The minimum atomic E-state index is 0. The van der Waals surface area contributed by atoms with Gasteiger partial charge in [-0.1, -0.05) is 39.8 Å². The van der Waals surface area contributed by atoms with E-state index in [1.807, 2.05) is 6.92 Å². The Kier molecular flexibility index (Phi) is 4.86. The first-order valence-electron chi connectivity index (χ1n) is 5.40. The van der Waals surface area contributed by atoms with Crippen molar-refractivity contribution in [1.29, 1.82) is 0 Å². The van der Waals surface area contributed by atoms with E-state index >= 15 is 0 Å². The molecule has 0 aromatic heterocycles. The SMILES string of the molecule is C=C(C)CN=C(N)NC1C(C)(C)C1(C)C.I. The number of rotatable bonds is 3. The highest BCUT2D eigenvalue weighted by Gasteiger charge is 2.65. The van der Waals surface area contributed by atoms with Crippen LogP contribution < -0.4 is 11.1 Å². The molecule has 1 saturated carbocycles. The molecule has 0 saturated heterocycles. The molecule has 0 aromatic rings. The van der Waals surface area contributed by atoms with Crippen LogP contribution in [0.2, 0.25) is 0 Å². The Bertz CT molecular complexity index is 291. The minimum absolute atomic E-state index is 0. The number of halogens is 1. The van der Waals surface area contributed by atoms with Crippen LogP contribution in [0, 0.1) is 10.8 Å². The number of hydrogen-bond donors (Lipinski definition) is 2. The van der Waals surface area contributed by atoms with Crippen LogP contribution in [-0.2, 0) is 0 Å². The van der Waals surface area contributed by atoms with Gasteiger partial charge in [0, 0.05) is 6.04 Å². The van der Waals surface area contributed by atoms with Crippen molar-refractivity contribution >= 4 is 29.9 Å². The van der Waals surface area contributed by atoms with E-state index in [0.717, 1.165) is 5.57 Å². The molecule has 1 fully saturated rings. The first-order valence-corrected chi connectivity index (χ1v) is 5.40. The summed E-state index contributed by atoms with van der Waals surface area (Å²) < 4.78 is 0. The maximum atomic E-state index is 5.80. The van der Waals surface area contributed by atoms with Crippen molar-refractivity contribution in [3.63, 3.8) is 0 Å². The summed E-state index contributed by atoms with van der Waals surface area (Å²) in [7, 11) is 0. The van der Waals surface area contributed by atoms with Crippen LogP contribution in [0.25, 0.3) is 0 Å². The zero-order valence-corrected chi connectivity index (χ0v) is 13.3. The third kappa shape index (κ3) is 2.90. The van der Waals surface area contributed by atoms with Gasteiger partial charge >= 0.3 is 0 Å². The molecule has 0 unspecified atom stereocenters. The zero-order valence-electron chi connectivity index (χ0n) is 10.9. The van der Waals surface area contributed by atoms with Crippen molar-refractivity contribution in [3.05, 3.63) is 12.2 Å². The summed E-state index contributed by atoms with van der Waals surface area (Å²) in [4.78, 5) is 4.22. The Hall–Kier alpha value is -0.260. The van der Waals surface area contributed by atoms with Gasteiger partial charge in [0.05, 0.1) is 6.54 Å². The summed E-state index contributed by atoms with van der Waals surface area (Å²) in [5.74, 6) is 0.529. The lowest BCUT2D eigenvalue weighted by Gasteiger charge is -2.07. The summed E-state index contributed by atoms with van der Waals surface area (Å²) in [5.41, 5.74) is 7.40. The lowest BCUT2D eigenvalue weighted by Crippen LogP contribution is -2.36. The molecule has 0 amide bonds. The van der Waals surface area contributed by atoms with Crippen molar-refractivity contribution in [3.8, 4) is 0 Å². The quantitative estimate of drug-likeness (QED) is 0.360. The Morgan fingerprint density at radius 3 is 2.06 bits per heavy atom. The van der Waals surface area contributed by atoms with Crippen molar-refractivity contribution in [2.75, 3.05) is 6.54 Å². The molecule has 16 heavy (non-hydrogen) atoms. The fraction of sp³-hybridized carbons (Fsp3) is 0.750. The molecular formula is C12H24IN3. The van der Waals surface area contributed by atoms with Crippen LogP contribution in [0.5, 0.6) is 0 Å². The highest BCUT2D eigenvalue weighted by molar-refractivity contribution is 14.0. The molecule has 0 aromatic carbocycles. The fourth-order valence-electron chi connectivity index (χ4n) is 1.97. The normalized spacial score (nSPS) is 22.2. The molecule has 0 heterocycles. The maximum absolute atomic E-state index is 5.80. The predicted octanol–water partition coefficient (Wildman–Crippen LogP) is 2.52. The molecule has 1 rings (SSSR count). The van der Waals surface area contributed by atoms with E-state index in [4.69, 9.17) is 5.73 Å². The number of nitrogens with zero attached hydrogens (tertiary/aromatic N) is 1. The van der Waals surface area contributed by atoms with Crippen molar-refractivity contribution in [1.82, 2.24) is 5.32 Å². The fourth-order valence-corrected chi connectivity index (χ4v) is 1.97. The van der Waals surface area contributed by atoms with Crippen molar-refractivity contribution in [2.45, 2.75) is 40.7 Å². The minimum Gasteiger partial charge on any atom is -0.370 e. The largest absolute Gasteiger partial charge is 0.370 e. The van der Waals surface area contributed by atoms with Crippen LogP contribution in [0.4, 0.5) is 0 Å². The van der Waals surface area contributed by atoms with Gasteiger partial charge in [-0.05, 0) is 17.8 Å². The molecule has 3 N–H and O–H groups in total. The molecule has 4 heteroatoms. The van der Waals surface area contributed by atoms with Gasteiger partial charge < -0.3 is 11.1 Å². The topological polar surface area (TPSA) is 50.4 Å². The summed E-state index contributed by atoms with van der Waals surface area (Å²) in [5, 5.41) is 3.28. The lowest BCUT2D eigenvalue weighted by molar-refractivity contribution is 0.457.